The number of fused-ring (bicyclic) bond motifs is 1. The number of sulfonamides is 1. The number of pyridine rings is 1. The lowest BCUT2D eigenvalue weighted by molar-refractivity contribution is -0.116. The number of hydrogen-bond donors (Lipinski definition) is 2. The zero-order valence-electron chi connectivity index (χ0n) is 18.7. The molecule has 2 N–H and O–H groups in total. The summed E-state index contributed by atoms with van der Waals surface area (Å²) in [4.78, 5) is 27.2. The van der Waals surface area contributed by atoms with Crippen LogP contribution in [0.3, 0.4) is 0 Å². The quantitative estimate of drug-likeness (QED) is 0.572. The van der Waals surface area contributed by atoms with Gasteiger partial charge in [-0.05, 0) is 49.2 Å². The maximum atomic E-state index is 13.3. The summed E-state index contributed by atoms with van der Waals surface area (Å²) in [6.07, 6.45) is 2.61. The van der Waals surface area contributed by atoms with Crippen molar-refractivity contribution in [1.82, 2.24) is 19.3 Å². The number of hydrogen-bond acceptors (Lipinski definition) is 8. The van der Waals surface area contributed by atoms with E-state index < -0.39 is 10.0 Å². The molecule has 176 valence electrons. The predicted molar refractivity (Wildman–Crippen MR) is 129 cm³/mol. The van der Waals surface area contributed by atoms with Gasteiger partial charge in [0.25, 0.3) is 0 Å². The number of amides is 1. The van der Waals surface area contributed by atoms with Crippen molar-refractivity contribution < 1.29 is 13.2 Å². The van der Waals surface area contributed by atoms with Crippen LogP contribution in [0, 0.1) is 6.92 Å². The molecule has 0 saturated carbocycles. The molecule has 2 aromatic heterocycles. The molecule has 1 fully saturated rings. The van der Waals surface area contributed by atoms with Crippen molar-refractivity contribution in [3.63, 3.8) is 0 Å². The van der Waals surface area contributed by atoms with E-state index >= 15 is 0 Å². The summed E-state index contributed by atoms with van der Waals surface area (Å²) in [7, 11) is -3.63. The minimum Gasteiger partial charge on any atom is -0.354 e. The molecule has 5 rings (SSSR count). The number of carbonyl (C=O) groups excluding carboxylic acids is 1. The second-order valence-corrected chi connectivity index (χ2v) is 10.2. The summed E-state index contributed by atoms with van der Waals surface area (Å²) >= 11 is 0. The number of rotatable bonds is 5. The Morgan fingerprint density at radius 3 is 2.56 bits per heavy atom. The first-order chi connectivity index (χ1) is 16.4. The van der Waals surface area contributed by atoms with Gasteiger partial charge in [-0.3, -0.25) is 4.79 Å². The summed E-state index contributed by atoms with van der Waals surface area (Å²) in [6, 6.07) is 12.4. The summed E-state index contributed by atoms with van der Waals surface area (Å²) in [6.45, 7) is 3.55. The third kappa shape index (κ3) is 4.57. The van der Waals surface area contributed by atoms with Crippen LogP contribution in [0.5, 0.6) is 0 Å². The zero-order valence-corrected chi connectivity index (χ0v) is 19.5. The molecule has 1 amide bonds. The molecule has 0 bridgehead atoms. The predicted octanol–water partition coefficient (Wildman–Crippen LogP) is 2.32. The van der Waals surface area contributed by atoms with E-state index in [4.69, 9.17) is 0 Å². The summed E-state index contributed by atoms with van der Waals surface area (Å²) in [5.74, 6) is 2.64. The van der Waals surface area contributed by atoms with E-state index in [2.05, 4.69) is 30.5 Å². The smallest absolute Gasteiger partial charge is 0.243 e. The van der Waals surface area contributed by atoms with Crippen LogP contribution in [0.2, 0.25) is 0 Å². The van der Waals surface area contributed by atoms with Gasteiger partial charge in [-0.15, -0.1) is 0 Å². The fraction of sp³-hybridized carbons (Fsp3) is 0.304. The van der Waals surface area contributed by atoms with Crippen molar-refractivity contribution in [2.75, 3.05) is 41.7 Å². The number of nitrogens with zero attached hydrogens (tertiary/aromatic N) is 5. The van der Waals surface area contributed by atoms with E-state index in [1.54, 1.807) is 24.4 Å². The molecule has 2 aliphatic rings. The van der Waals surface area contributed by atoms with Crippen molar-refractivity contribution in [3.8, 4) is 0 Å². The Balaban J connectivity index is 1.29. The number of carbonyl (C=O) groups is 1. The Morgan fingerprint density at radius 2 is 1.79 bits per heavy atom. The van der Waals surface area contributed by atoms with E-state index in [1.165, 1.54) is 4.31 Å². The monoisotopic (exact) mass is 479 g/mol. The zero-order chi connectivity index (χ0) is 23.7. The van der Waals surface area contributed by atoms with E-state index in [-0.39, 0.29) is 10.8 Å². The largest absolute Gasteiger partial charge is 0.354 e. The number of anilines is 4. The molecule has 10 nitrogen and oxygen atoms in total. The molecule has 0 radical (unpaired) electrons. The highest BCUT2D eigenvalue weighted by Crippen LogP contribution is 2.28. The Morgan fingerprint density at radius 1 is 0.971 bits per heavy atom. The molecule has 34 heavy (non-hydrogen) atoms. The second-order valence-electron chi connectivity index (χ2n) is 8.26. The first-order valence-corrected chi connectivity index (χ1v) is 12.5. The van der Waals surface area contributed by atoms with Gasteiger partial charge in [-0.1, -0.05) is 6.07 Å². The maximum absolute atomic E-state index is 13.3. The minimum atomic E-state index is -3.63. The van der Waals surface area contributed by atoms with Crippen molar-refractivity contribution in [3.05, 3.63) is 60.0 Å². The van der Waals surface area contributed by atoms with Crippen LogP contribution in [-0.2, 0) is 21.2 Å². The standard InChI is InChI=1S/C23H25N7O3S/c1-16-25-21(28-20-4-2-3-9-24-20)15-22(26-16)29-10-12-30(13-11-29)34(32,33)18-6-7-19-17(14-18)5-8-23(31)27-19/h2-4,6-7,9,14-15H,5,8,10-13H2,1H3,(H,27,31)(H,24,25,26,28). The SMILES string of the molecule is Cc1nc(Nc2ccccn2)cc(N2CCN(S(=O)(=O)c3ccc4c(c3)CCC(=O)N4)CC2)n1. The van der Waals surface area contributed by atoms with Crippen LogP contribution < -0.4 is 15.5 Å². The molecule has 0 atom stereocenters. The van der Waals surface area contributed by atoms with Gasteiger partial charge in [0.2, 0.25) is 15.9 Å². The van der Waals surface area contributed by atoms with Crippen LogP contribution in [-0.4, -0.2) is 59.8 Å². The molecule has 11 heteroatoms. The van der Waals surface area contributed by atoms with Gasteiger partial charge < -0.3 is 15.5 Å². The molecule has 1 aromatic carbocycles. The third-order valence-electron chi connectivity index (χ3n) is 5.92. The first kappa shape index (κ1) is 22.2. The molecule has 0 aliphatic carbocycles. The van der Waals surface area contributed by atoms with Gasteiger partial charge in [0, 0.05) is 50.6 Å². The highest BCUT2D eigenvalue weighted by atomic mass is 32.2. The van der Waals surface area contributed by atoms with Crippen molar-refractivity contribution in [2.24, 2.45) is 0 Å². The summed E-state index contributed by atoms with van der Waals surface area (Å²) in [5.41, 5.74) is 1.54. The van der Waals surface area contributed by atoms with E-state index in [0.717, 1.165) is 11.4 Å². The van der Waals surface area contributed by atoms with Crippen LogP contribution in [0.25, 0.3) is 0 Å². The molecule has 2 aliphatic heterocycles. The average molecular weight is 480 g/mol. The number of aryl methyl sites for hydroxylation is 2. The van der Waals surface area contributed by atoms with Gasteiger partial charge in [-0.2, -0.15) is 4.31 Å². The number of piperazine rings is 1. The highest BCUT2D eigenvalue weighted by molar-refractivity contribution is 7.89. The number of benzene rings is 1. The average Bonchev–Trinajstić information content (AvgIpc) is 2.84. The second kappa shape index (κ2) is 8.99. The maximum Gasteiger partial charge on any atom is 0.243 e. The van der Waals surface area contributed by atoms with Crippen molar-refractivity contribution in [1.29, 1.82) is 0 Å². The molecule has 4 heterocycles. The lowest BCUT2D eigenvalue weighted by atomic mass is 10.0. The molecular formula is C23H25N7O3S. The lowest BCUT2D eigenvalue weighted by Gasteiger charge is -2.35. The van der Waals surface area contributed by atoms with E-state index in [1.807, 2.05) is 31.2 Å². The fourth-order valence-corrected chi connectivity index (χ4v) is 5.65. The van der Waals surface area contributed by atoms with Gasteiger partial charge in [0.05, 0.1) is 4.90 Å². The Labute approximate surface area is 198 Å². The van der Waals surface area contributed by atoms with Crippen LogP contribution in [0.15, 0.2) is 53.6 Å². The first-order valence-electron chi connectivity index (χ1n) is 11.1. The number of aromatic nitrogens is 3. The van der Waals surface area contributed by atoms with Crippen molar-refractivity contribution in [2.45, 2.75) is 24.7 Å². The Bertz CT molecular complexity index is 1320. The summed E-state index contributed by atoms with van der Waals surface area (Å²) in [5, 5.41) is 5.98. The molecular weight excluding hydrogens is 454 g/mol. The minimum absolute atomic E-state index is 0.0439. The summed E-state index contributed by atoms with van der Waals surface area (Å²) < 4.78 is 28.0. The highest BCUT2D eigenvalue weighted by Gasteiger charge is 2.30. The van der Waals surface area contributed by atoms with Crippen LogP contribution in [0.4, 0.5) is 23.1 Å². The van der Waals surface area contributed by atoms with Gasteiger partial charge in [0.15, 0.2) is 0 Å². The van der Waals surface area contributed by atoms with Crippen LogP contribution >= 0.6 is 0 Å². The Kier molecular flexibility index (Phi) is 5.88. The topological polar surface area (TPSA) is 120 Å². The number of nitrogens with one attached hydrogen (secondary N) is 2. The molecule has 0 spiro atoms. The molecule has 1 saturated heterocycles. The van der Waals surface area contributed by atoms with Crippen LogP contribution in [0.1, 0.15) is 17.8 Å². The van der Waals surface area contributed by atoms with Crippen molar-refractivity contribution >= 4 is 39.1 Å². The normalized spacial score (nSPS) is 16.6. The van der Waals surface area contributed by atoms with Gasteiger partial charge in [-0.25, -0.2) is 23.4 Å². The molecule has 3 aromatic rings. The third-order valence-corrected chi connectivity index (χ3v) is 7.81. The van der Waals surface area contributed by atoms with E-state index in [9.17, 15) is 13.2 Å². The lowest BCUT2D eigenvalue weighted by Crippen LogP contribution is -2.49. The Hall–Kier alpha value is -3.57. The van der Waals surface area contributed by atoms with Gasteiger partial charge >= 0.3 is 0 Å². The van der Waals surface area contributed by atoms with Gasteiger partial charge in [0.1, 0.15) is 23.3 Å². The fourth-order valence-electron chi connectivity index (χ4n) is 4.17. The molecule has 0 unspecified atom stereocenters. The van der Waals surface area contributed by atoms with E-state index in [0.29, 0.717) is 62.2 Å².